The van der Waals surface area contributed by atoms with E-state index in [1.165, 1.54) is 0 Å². The molecule has 0 saturated carbocycles. The van der Waals surface area contributed by atoms with E-state index < -0.39 is 0 Å². The zero-order chi connectivity index (χ0) is 9.84. The molecular formula is C11H16O2. The first kappa shape index (κ1) is 10.0. The first-order chi connectivity index (χ1) is 6.09. The summed E-state index contributed by atoms with van der Waals surface area (Å²) in [5.74, 6) is 0.480. The first-order valence-corrected chi connectivity index (χ1v) is 4.59. The third kappa shape index (κ3) is 3.05. The van der Waals surface area contributed by atoms with Crippen molar-refractivity contribution >= 4 is 5.78 Å². The van der Waals surface area contributed by atoms with Gasteiger partial charge in [0, 0.05) is 12.3 Å². The maximum Gasteiger partial charge on any atom is 0.130 e. The minimum Gasteiger partial charge on any atom is -0.493 e. The molecule has 0 saturated heterocycles. The number of allylic oxidation sites excluding steroid dienone is 2. The summed E-state index contributed by atoms with van der Waals surface area (Å²) >= 11 is 0. The molecule has 0 aromatic rings. The van der Waals surface area contributed by atoms with Gasteiger partial charge in [0.1, 0.15) is 11.9 Å². The van der Waals surface area contributed by atoms with Crippen molar-refractivity contribution in [2.45, 2.75) is 33.3 Å². The monoisotopic (exact) mass is 180 g/mol. The number of rotatable bonds is 3. The average molecular weight is 180 g/mol. The number of hydrogen-bond donors (Lipinski definition) is 0. The van der Waals surface area contributed by atoms with Crippen LogP contribution in [-0.4, -0.2) is 11.9 Å². The molecule has 0 aromatic carbocycles. The molecule has 1 rings (SSSR count). The third-order valence-electron chi connectivity index (χ3n) is 2.13. The molecule has 0 radical (unpaired) electrons. The molecule has 2 heteroatoms. The van der Waals surface area contributed by atoms with Gasteiger partial charge in [-0.05, 0) is 25.5 Å². The normalized spacial score (nSPS) is 23.3. The maximum absolute atomic E-state index is 10.9. The Bertz CT molecular complexity index is 251. The van der Waals surface area contributed by atoms with E-state index in [9.17, 15) is 4.79 Å². The lowest BCUT2D eigenvalue weighted by molar-refractivity contribution is -0.118. The van der Waals surface area contributed by atoms with Crippen LogP contribution in [0.25, 0.3) is 0 Å². The van der Waals surface area contributed by atoms with Gasteiger partial charge in [-0.25, -0.2) is 0 Å². The number of Topliss-reactive ketones (excluding diaryl/α,β-unsaturated/α-hetero) is 1. The molecule has 0 N–H and O–H groups in total. The number of ketones is 1. The van der Waals surface area contributed by atoms with Crippen LogP contribution in [0.5, 0.6) is 0 Å². The Balaban J connectivity index is 2.47. The van der Waals surface area contributed by atoms with E-state index in [0.29, 0.717) is 6.42 Å². The Morgan fingerprint density at radius 2 is 2.38 bits per heavy atom. The zero-order valence-electron chi connectivity index (χ0n) is 8.41. The molecule has 1 aliphatic heterocycles. The van der Waals surface area contributed by atoms with Gasteiger partial charge in [0.25, 0.3) is 0 Å². The van der Waals surface area contributed by atoms with Gasteiger partial charge in [-0.3, -0.25) is 0 Å². The van der Waals surface area contributed by atoms with Gasteiger partial charge < -0.3 is 9.53 Å². The lowest BCUT2D eigenvalue weighted by atomic mass is 9.97. The van der Waals surface area contributed by atoms with E-state index in [2.05, 4.69) is 0 Å². The van der Waals surface area contributed by atoms with Crippen molar-refractivity contribution in [1.82, 2.24) is 0 Å². The SMILES string of the molecule is CC(=O)CC(C)C1C=CC(C)=CO1. The molecular weight excluding hydrogens is 164 g/mol. The second-order valence-corrected chi connectivity index (χ2v) is 3.71. The highest BCUT2D eigenvalue weighted by atomic mass is 16.5. The second-order valence-electron chi connectivity index (χ2n) is 3.71. The average Bonchev–Trinajstić information content (AvgIpc) is 2.04. The predicted molar refractivity (Wildman–Crippen MR) is 52.2 cm³/mol. The Labute approximate surface area is 79.3 Å². The number of carbonyl (C=O) groups excluding carboxylic acids is 1. The van der Waals surface area contributed by atoms with E-state index in [1.54, 1.807) is 13.2 Å². The number of ether oxygens (including phenoxy) is 1. The van der Waals surface area contributed by atoms with Crippen LogP contribution in [-0.2, 0) is 9.53 Å². The highest BCUT2D eigenvalue weighted by Crippen LogP contribution is 2.18. The van der Waals surface area contributed by atoms with E-state index in [4.69, 9.17) is 4.74 Å². The van der Waals surface area contributed by atoms with Gasteiger partial charge in [-0.15, -0.1) is 0 Å². The summed E-state index contributed by atoms with van der Waals surface area (Å²) < 4.78 is 5.45. The van der Waals surface area contributed by atoms with Gasteiger partial charge in [0.2, 0.25) is 0 Å². The molecule has 0 bridgehead atoms. The highest BCUT2D eigenvalue weighted by Gasteiger charge is 2.18. The largest absolute Gasteiger partial charge is 0.493 e. The summed E-state index contributed by atoms with van der Waals surface area (Å²) in [4.78, 5) is 10.9. The molecule has 0 fully saturated rings. The van der Waals surface area contributed by atoms with Gasteiger partial charge in [-0.1, -0.05) is 13.0 Å². The van der Waals surface area contributed by atoms with Crippen molar-refractivity contribution < 1.29 is 9.53 Å². The van der Waals surface area contributed by atoms with Crippen molar-refractivity contribution in [3.05, 3.63) is 24.0 Å². The van der Waals surface area contributed by atoms with Gasteiger partial charge in [-0.2, -0.15) is 0 Å². The van der Waals surface area contributed by atoms with E-state index in [1.807, 2.05) is 26.0 Å². The molecule has 1 aliphatic rings. The van der Waals surface area contributed by atoms with Crippen molar-refractivity contribution in [1.29, 1.82) is 0 Å². The topological polar surface area (TPSA) is 26.3 Å². The first-order valence-electron chi connectivity index (χ1n) is 4.59. The Hall–Kier alpha value is -1.05. The standard InChI is InChI=1S/C11H16O2/c1-8-4-5-11(13-7-8)9(2)6-10(3)12/h4-5,7,9,11H,6H2,1-3H3. The summed E-state index contributed by atoms with van der Waals surface area (Å²) in [7, 11) is 0. The summed E-state index contributed by atoms with van der Waals surface area (Å²) in [6.45, 7) is 5.64. The molecule has 1 heterocycles. The number of hydrogen-bond acceptors (Lipinski definition) is 2. The number of carbonyl (C=O) groups is 1. The van der Waals surface area contributed by atoms with Crippen LogP contribution in [0.4, 0.5) is 0 Å². The zero-order valence-corrected chi connectivity index (χ0v) is 8.41. The van der Waals surface area contributed by atoms with Crippen LogP contribution in [0.15, 0.2) is 24.0 Å². The Morgan fingerprint density at radius 3 is 2.85 bits per heavy atom. The van der Waals surface area contributed by atoms with Crippen molar-refractivity contribution in [3.63, 3.8) is 0 Å². The molecule has 2 unspecified atom stereocenters. The van der Waals surface area contributed by atoms with Crippen LogP contribution in [0, 0.1) is 5.92 Å². The van der Waals surface area contributed by atoms with Crippen molar-refractivity contribution in [2.75, 3.05) is 0 Å². The van der Waals surface area contributed by atoms with Crippen LogP contribution in [0.3, 0.4) is 0 Å². The highest BCUT2D eigenvalue weighted by molar-refractivity contribution is 5.75. The molecule has 2 atom stereocenters. The van der Waals surface area contributed by atoms with Gasteiger partial charge in [0.15, 0.2) is 0 Å². The minimum absolute atomic E-state index is 0.0626. The van der Waals surface area contributed by atoms with E-state index in [0.717, 1.165) is 5.57 Å². The predicted octanol–water partition coefficient (Wildman–Crippen LogP) is 2.46. The molecule has 0 spiro atoms. The Morgan fingerprint density at radius 1 is 1.69 bits per heavy atom. The van der Waals surface area contributed by atoms with Crippen LogP contribution in [0.1, 0.15) is 27.2 Å². The Kier molecular flexibility index (Phi) is 3.29. The van der Waals surface area contributed by atoms with Crippen LogP contribution >= 0.6 is 0 Å². The van der Waals surface area contributed by atoms with Crippen LogP contribution < -0.4 is 0 Å². The molecule has 72 valence electrons. The smallest absolute Gasteiger partial charge is 0.130 e. The fourth-order valence-corrected chi connectivity index (χ4v) is 1.41. The molecule has 2 nitrogen and oxygen atoms in total. The lowest BCUT2D eigenvalue weighted by Gasteiger charge is -2.22. The molecule has 0 amide bonds. The van der Waals surface area contributed by atoms with Gasteiger partial charge in [0.05, 0.1) is 6.26 Å². The molecule has 0 aliphatic carbocycles. The lowest BCUT2D eigenvalue weighted by Crippen LogP contribution is -2.21. The molecule has 0 aromatic heterocycles. The summed E-state index contributed by atoms with van der Waals surface area (Å²) in [6, 6.07) is 0. The van der Waals surface area contributed by atoms with Crippen molar-refractivity contribution in [3.8, 4) is 0 Å². The third-order valence-corrected chi connectivity index (χ3v) is 2.13. The maximum atomic E-state index is 10.9. The quantitative estimate of drug-likeness (QED) is 0.667. The fraction of sp³-hybridized carbons (Fsp3) is 0.545. The van der Waals surface area contributed by atoms with E-state index in [-0.39, 0.29) is 17.8 Å². The summed E-state index contributed by atoms with van der Waals surface area (Å²) in [5, 5.41) is 0. The summed E-state index contributed by atoms with van der Waals surface area (Å²) in [5.41, 5.74) is 1.12. The van der Waals surface area contributed by atoms with Crippen LogP contribution in [0.2, 0.25) is 0 Å². The van der Waals surface area contributed by atoms with Crippen molar-refractivity contribution in [2.24, 2.45) is 5.92 Å². The van der Waals surface area contributed by atoms with E-state index >= 15 is 0 Å². The fourth-order valence-electron chi connectivity index (χ4n) is 1.41. The van der Waals surface area contributed by atoms with Gasteiger partial charge >= 0.3 is 0 Å². The molecule has 13 heavy (non-hydrogen) atoms. The minimum atomic E-state index is 0.0626. The summed E-state index contributed by atoms with van der Waals surface area (Å²) in [6.07, 6.45) is 6.45. The second kappa shape index (κ2) is 4.26.